The molecule has 0 aromatic heterocycles. The molecule has 0 aliphatic rings. The normalized spacial score (nSPS) is 10.6. The molecule has 0 bridgehead atoms. The van der Waals surface area contributed by atoms with Gasteiger partial charge >= 0.3 is 0 Å². The summed E-state index contributed by atoms with van der Waals surface area (Å²) in [7, 11) is 0. The van der Waals surface area contributed by atoms with Crippen LogP contribution in [-0.4, -0.2) is 25.2 Å². The first-order chi connectivity index (χ1) is 7.84. The van der Waals surface area contributed by atoms with Crippen molar-refractivity contribution in [2.24, 2.45) is 22.8 Å². The van der Waals surface area contributed by atoms with E-state index in [-0.39, 0.29) is 5.41 Å². The van der Waals surface area contributed by atoms with Crippen LogP contribution in [-0.2, 0) is 9.59 Å². The Hall–Kier alpha value is -1.32. The highest BCUT2D eigenvalue weighted by Crippen LogP contribution is 2.24. The number of carbonyl (C=O) groups excluding carboxylic acids is 2. The summed E-state index contributed by atoms with van der Waals surface area (Å²) >= 11 is 0. The number of rotatable bonds is 5. The van der Waals surface area contributed by atoms with Crippen LogP contribution in [0.15, 0.2) is 0 Å². The summed E-state index contributed by atoms with van der Waals surface area (Å²) in [4.78, 5) is 16.7. The van der Waals surface area contributed by atoms with Gasteiger partial charge in [0.1, 0.15) is 0 Å². The van der Waals surface area contributed by atoms with Gasteiger partial charge in [0.25, 0.3) is 0 Å². The van der Waals surface area contributed by atoms with Crippen molar-refractivity contribution in [3.63, 3.8) is 0 Å². The van der Waals surface area contributed by atoms with Crippen molar-refractivity contribution in [1.82, 2.24) is 0 Å². The van der Waals surface area contributed by atoms with Crippen LogP contribution in [0.5, 0.6) is 0 Å². The molecule has 0 saturated carbocycles. The molecule has 1 atom stereocenters. The van der Waals surface area contributed by atoms with Gasteiger partial charge in [-0.05, 0) is 37.3 Å². The van der Waals surface area contributed by atoms with Crippen molar-refractivity contribution >= 4 is 12.2 Å². The molecule has 0 aromatic carbocycles. The van der Waals surface area contributed by atoms with Gasteiger partial charge in [0.2, 0.25) is 12.2 Å². The highest BCUT2D eigenvalue weighted by molar-refractivity contribution is 5.26. The minimum Gasteiger partial charge on any atom is -0.330 e. The van der Waals surface area contributed by atoms with Crippen molar-refractivity contribution in [3.8, 4) is 0 Å². The van der Waals surface area contributed by atoms with E-state index in [4.69, 9.17) is 31.9 Å². The summed E-state index contributed by atoms with van der Waals surface area (Å²) in [6.07, 6.45) is 3.80. The minimum atomic E-state index is 0.286. The predicted molar refractivity (Wildman–Crippen MR) is 67.1 cm³/mol. The molecular weight excluding hydrogens is 220 g/mol. The lowest BCUT2D eigenvalue weighted by atomic mass is 9.82. The summed E-state index contributed by atoms with van der Waals surface area (Å²) in [6, 6.07) is 0. The zero-order valence-corrected chi connectivity index (χ0v) is 10.9. The quantitative estimate of drug-likeness (QED) is 0.426. The van der Waals surface area contributed by atoms with Crippen LogP contribution < -0.4 is 11.5 Å². The summed E-state index contributed by atoms with van der Waals surface area (Å²) in [6.45, 7) is 8.22. The number of nitrogens with two attached hydrogens (primary N) is 2. The second-order valence-electron chi connectivity index (χ2n) is 4.46. The molecule has 0 rings (SSSR count). The molecule has 0 aliphatic carbocycles. The second kappa shape index (κ2) is 14.7. The highest BCUT2D eigenvalue weighted by atomic mass is 16.1. The van der Waals surface area contributed by atoms with Gasteiger partial charge in [-0.1, -0.05) is 20.8 Å². The minimum absolute atomic E-state index is 0.286. The fraction of sp³-hybridized carbons (Fsp3) is 0.818. The van der Waals surface area contributed by atoms with Crippen LogP contribution in [0.2, 0.25) is 0 Å². The maximum atomic E-state index is 8.35. The lowest BCUT2D eigenvalue weighted by Gasteiger charge is -2.25. The number of hydrogen-bond acceptors (Lipinski definition) is 6. The molecule has 6 heteroatoms. The van der Waals surface area contributed by atoms with Crippen LogP contribution in [0.1, 0.15) is 33.6 Å². The van der Waals surface area contributed by atoms with Crippen molar-refractivity contribution in [1.29, 1.82) is 10.8 Å². The molecule has 0 radical (unpaired) electrons. The monoisotopic (exact) mass is 244 g/mol. The van der Waals surface area contributed by atoms with Crippen LogP contribution >= 0.6 is 0 Å². The second-order valence-corrected chi connectivity index (χ2v) is 4.46. The molecule has 6 N–H and O–H groups in total. The average Bonchev–Trinajstić information content (AvgIpc) is 2.19. The number of hydrogen-bond donors (Lipinski definition) is 4. The Balaban J connectivity index is -0.000000273. The topological polar surface area (TPSA) is 134 Å². The van der Waals surface area contributed by atoms with E-state index in [2.05, 4.69) is 20.8 Å². The van der Waals surface area contributed by atoms with Gasteiger partial charge in [0.05, 0.1) is 0 Å². The number of nitrogens with one attached hydrogen (secondary N) is 2. The zero-order chi connectivity index (χ0) is 14.3. The van der Waals surface area contributed by atoms with E-state index in [1.165, 1.54) is 6.42 Å². The molecule has 0 fully saturated rings. The third-order valence-electron chi connectivity index (χ3n) is 2.11. The van der Waals surface area contributed by atoms with Crippen LogP contribution in [0.4, 0.5) is 0 Å². The van der Waals surface area contributed by atoms with Crippen molar-refractivity contribution in [3.05, 3.63) is 0 Å². The van der Waals surface area contributed by atoms with Gasteiger partial charge in [0.15, 0.2) is 0 Å². The lowest BCUT2D eigenvalue weighted by Crippen LogP contribution is -2.26. The van der Waals surface area contributed by atoms with E-state index >= 15 is 0 Å². The molecular formula is C11H24N4O2. The Kier molecular flexibility index (Phi) is 18.1. The van der Waals surface area contributed by atoms with Crippen molar-refractivity contribution in [2.75, 3.05) is 13.1 Å². The Morgan fingerprint density at radius 2 is 1.53 bits per heavy atom. The smallest absolute Gasteiger partial charge is 0.231 e. The molecule has 0 aliphatic heterocycles. The third-order valence-corrected chi connectivity index (χ3v) is 2.11. The lowest BCUT2D eigenvalue weighted by molar-refractivity contribution is 0.279. The molecule has 0 aromatic rings. The largest absolute Gasteiger partial charge is 0.330 e. The van der Waals surface area contributed by atoms with E-state index < -0.39 is 0 Å². The summed E-state index contributed by atoms with van der Waals surface area (Å²) in [5.74, 6) is 0.707. The standard InChI is InChI=1S/C9H22N2.2CHNO/c1-8(4-5-10)6-9(2,3)7-11;2*2-1-3/h8H,4-7,10-11H2,1-3H3;2*2H. The van der Waals surface area contributed by atoms with E-state index in [0.717, 1.165) is 31.7 Å². The van der Waals surface area contributed by atoms with Crippen LogP contribution in [0.3, 0.4) is 0 Å². The summed E-state index contributed by atoms with van der Waals surface area (Å²) in [5.41, 5.74) is 11.4. The highest BCUT2D eigenvalue weighted by Gasteiger charge is 2.18. The molecule has 1 unspecified atom stereocenters. The fourth-order valence-corrected chi connectivity index (χ4v) is 1.41. The number of isocyanates is 2. The molecule has 0 heterocycles. The Bertz CT molecular complexity index is 218. The molecule has 17 heavy (non-hydrogen) atoms. The third kappa shape index (κ3) is 25.2. The Labute approximate surface area is 103 Å². The van der Waals surface area contributed by atoms with Gasteiger partial charge in [0, 0.05) is 0 Å². The maximum Gasteiger partial charge on any atom is 0.231 e. The molecule has 0 saturated heterocycles. The van der Waals surface area contributed by atoms with Gasteiger partial charge in [-0.15, -0.1) is 0 Å². The van der Waals surface area contributed by atoms with Gasteiger partial charge in [-0.2, -0.15) is 0 Å². The van der Waals surface area contributed by atoms with E-state index in [1.807, 2.05) is 0 Å². The average molecular weight is 244 g/mol. The van der Waals surface area contributed by atoms with Crippen molar-refractivity contribution in [2.45, 2.75) is 33.6 Å². The van der Waals surface area contributed by atoms with Gasteiger partial charge < -0.3 is 11.5 Å². The zero-order valence-electron chi connectivity index (χ0n) is 10.9. The van der Waals surface area contributed by atoms with Crippen molar-refractivity contribution < 1.29 is 9.59 Å². The van der Waals surface area contributed by atoms with E-state index in [1.54, 1.807) is 0 Å². The molecule has 0 amide bonds. The molecule has 0 spiro atoms. The predicted octanol–water partition coefficient (Wildman–Crippen LogP) is 1.15. The fourth-order valence-electron chi connectivity index (χ4n) is 1.41. The van der Waals surface area contributed by atoms with E-state index in [0.29, 0.717) is 5.92 Å². The first-order valence-electron chi connectivity index (χ1n) is 5.33. The van der Waals surface area contributed by atoms with Crippen LogP contribution in [0, 0.1) is 22.2 Å². The summed E-state index contributed by atoms with van der Waals surface area (Å²) in [5, 5.41) is 10.8. The first-order valence-corrected chi connectivity index (χ1v) is 5.33. The van der Waals surface area contributed by atoms with Crippen LogP contribution in [0.25, 0.3) is 0 Å². The van der Waals surface area contributed by atoms with Gasteiger partial charge in [-0.25, -0.2) is 20.4 Å². The Morgan fingerprint density at radius 1 is 1.18 bits per heavy atom. The summed E-state index contributed by atoms with van der Waals surface area (Å²) < 4.78 is 0. The van der Waals surface area contributed by atoms with Gasteiger partial charge in [-0.3, -0.25) is 0 Å². The van der Waals surface area contributed by atoms with E-state index in [9.17, 15) is 0 Å². The SMILES string of the molecule is CC(CCN)CC(C)(C)CN.N=C=O.N=C=O. The Morgan fingerprint density at radius 3 is 1.76 bits per heavy atom. The molecule has 6 nitrogen and oxygen atoms in total. The molecule has 100 valence electrons. The first kappa shape index (κ1) is 21.0. The maximum absolute atomic E-state index is 8.35.